The molecule has 0 fully saturated rings. The summed E-state index contributed by atoms with van der Waals surface area (Å²) in [6.07, 6.45) is 0. The molecule has 0 radical (unpaired) electrons. The number of carbonyl (C=O) groups excluding carboxylic acids is 1. The molecule has 0 aliphatic carbocycles. The van der Waals surface area contributed by atoms with Crippen LogP contribution < -0.4 is 14.8 Å². The van der Waals surface area contributed by atoms with Crippen molar-refractivity contribution < 1.29 is 14.3 Å². The average molecular weight is 368 g/mol. The number of hydrogen-bond donors (Lipinski definition) is 1. The first-order valence-electron chi connectivity index (χ1n) is 8.07. The minimum atomic E-state index is -0.221. The number of anilines is 1. The van der Waals surface area contributed by atoms with E-state index in [1.165, 1.54) is 0 Å². The number of ether oxygens (including phenoxy) is 2. The van der Waals surface area contributed by atoms with E-state index in [2.05, 4.69) is 5.32 Å². The summed E-state index contributed by atoms with van der Waals surface area (Å²) in [6.45, 7) is 0.334. The van der Waals surface area contributed by atoms with Crippen LogP contribution in [0.2, 0.25) is 5.02 Å². The number of nitrogens with one attached hydrogen (secondary N) is 1. The molecule has 0 atom stereocenters. The molecule has 4 nitrogen and oxygen atoms in total. The predicted octanol–water partition coefficient (Wildman–Crippen LogP) is 5.18. The number of rotatable bonds is 6. The Kier molecular flexibility index (Phi) is 5.77. The molecule has 0 saturated heterocycles. The van der Waals surface area contributed by atoms with Crippen LogP contribution in [0.25, 0.3) is 0 Å². The lowest BCUT2D eigenvalue weighted by Gasteiger charge is -2.10. The molecule has 0 aliphatic rings. The SMILES string of the molecule is COc1cccc(NC(=O)c2cccc(OCc3ccccc3Cl)c2)c1. The van der Waals surface area contributed by atoms with Crippen molar-refractivity contribution in [2.24, 2.45) is 0 Å². The van der Waals surface area contributed by atoms with Crippen LogP contribution in [-0.4, -0.2) is 13.0 Å². The molecule has 132 valence electrons. The van der Waals surface area contributed by atoms with Crippen LogP contribution in [-0.2, 0) is 6.61 Å². The normalized spacial score (nSPS) is 10.2. The fraction of sp³-hybridized carbons (Fsp3) is 0.0952. The van der Waals surface area contributed by atoms with Crippen LogP contribution >= 0.6 is 11.6 Å². The monoisotopic (exact) mass is 367 g/mol. The van der Waals surface area contributed by atoms with Crippen LogP contribution in [0.4, 0.5) is 5.69 Å². The fourth-order valence-electron chi connectivity index (χ4n) is 2.41. The standard InChI is InChI=1S/C21H18ClNO3/c1-25-18-9-5-8-17(13-18)23-21(24)15-7-4-10-19(12-15)26-14-16-6-2-3-11-20(16)22/h2-13H,14H2,1H3,(H,23,24). The molecule has 0 bridgehead atoms. The van der Waals surface area contributed by atoms with Gasteiger partial charge in [-0.15, -0.1) is 0 Å². The minimum Gasteiger partial charge on any atom is -0.497 e. The minimum absolute atomic E-state index is 0.221. The lowest BCUT2D eigenvalue weighted by Crippen LogP contribution is -2.12. The molecule has 0 heterocycles. The molecular weight excluding hydrogens is 350 g/mol. The van der Waals surface area contributed by atoms with Gasteiger partial charge in [-0.05, 0) is 36.4 Å². The van der Waals surface area contributed by atoms with Crippen molar-refractivity contribution in [1.82, 2.24) is 0 Å². The molecule has 0 spiro atoms. The second-order valence-corrected chi connectivity index (χ2v) is 6.00. The van der Waals surface area contributed by atoms with E-state index in [0.29, 0.717) is 34.4 Å². The number of methoxy groups -OCH3 is 1. The van der Waals surface area contributed by atoms with Gasteiger partial charge in [0.15, 0.2) is 0 Å². The van der Waals surface area contributed by atoms with E-state index in [-0.39, 0.29) is 5.91 Å². The molecule has 5 heteroatoms. The summed E-state index contributed by atoms with van der Waals surface area (Å²) >= 11 is 6.13. The molecule has 3 aromatic rings. The zero-order valence-electron chi connectivity index (χ0n) is 14.2. The van der Waals surface area contributed by atoms with Gasteiger partial charge in [0.05, 0.1) is 7.11 Å². The van der Waals surface area contributed by atoms with Gasteiger partial charge in [-0.3, -0.25) is 4.79 Å². The molecule has 0 aliphatic heterocycles. The predicted molar refractivity (Wildman–Crippen MR) is 103 cm³/mol. The van der Waals surface area contributed by atoms with Crippen LogP contribution in [0.3, 0.4) is 0 Å². The van der Waals surface area contributed by atoms with Gasteiger partial charge in [0, 0.05) is 27.9 Å². The lowest BCUT2D eigenvalue weighted by atomic mass is 10.2. The number of hydrogen-bond acceptors (Lipinski definition) is 3. The van der Waals surface area contributed by atoms with Crippen molar-refractivity contribution >= 4 is 23.2 Å². The largest absolute Gasteiger partial charge is 0.497 e. The van der Waals surface area contributed by atoms with E-state index in [0.717, 1.165) is 5.56 Å². The summed E-state index contributed by atoms with van der Waals surface area (Å²) in [5.74, 6) is 1.06. The van der Waals surface area contributed by atoms with Crippen molar-refractivity contribution in [2.45, 2.75) is 6.61 Å². The van der Waals surface area contributed by atoms with Crippen LogP contribution in [0, 0.1) is 0 Å². The van der Waals surface area contributed by atoms with E-state index in [1.807, 2.05) is 36.4 Å². The summed E-state index contributed by atoms with van der Waals surface area (Å²) in [4.78, 5) is 12.5. The van der Waals surface area contributed by atoms with Gasteiger partial charge in [0.2, 0.25) is 0 Å². The zero-order chi connectivity index (χ0) is 18.4. The molecule has 3 aromatic carbocycles. The Balaban J connectivity index is 1.68. The zero-order valence-corrected chi connectivity index (χ0v) is 15.0. The summed E-state index contributed by atoms with van der Waals surface area (Å²) in [5.41, 5.74) is 2.06. The second-order valence-electron chi connectivity index (χ2n) is 5.59. The van der Waals surface area contributed by atoms with Crippen LogP contribution in [0.15, 0.2) is 72.8 Å². The van der Waals surface area contributed by atoms with Gasteiger partial charge in [0.1, 0.15) is 18.1 Å². The molecule has 0 saturated carbocycles. The second kappa shape index (κ2) is 8.41. The fourth-order valence-corrected chi connectivity index (χ4v) is 2.60. The van der Waals surface area contributed by atoms with Gasteiger partial charge in [-0.25, -0.2) is 0 Å². The first-order chi connectivity index (χ1) is 12.7. The molecule has 0 unspecified atom stereocenters. The topological polar surface area (TPSA) is 47.6 Å². The highest BCUT2D eigenvalue weighted by Gasteiger charge is 2.08. The van der Waals surface area contributed by atoms with E-state index < -0.39 is 0 Å². The maximum absolute atomic E-state index is 12.5. The number of halogens is 1. The van der Waals surface area contributed by atoms with E-state index in [4.69, 9.17) is 21.1 Å². The molecule has 26 heavy (non-hydrogen) atoms. The van der Waals surface area contributed by atoms with Gasteiger partial charge in [-0.1, -0.05) is 41.9 Å². The average Bonchev–Trinajstić information content (AvgIpc) is 2.68. The summed E-state index contributed by atoms with van der Waals surface area (Å²) < 4.78 is 10.9. The molecule has 1 amide bonds. The van der Waals surface area contributed by atoms with Crippen molar-refractivity contribution in [2.75, 3.05) is 12.4 Å². The number of amides is 1. The smallest absolute Gasteiger partial charge is 0.255 e. The molecular formula is C21H18ClNO3. The first kappa shape index (κ1) is 17.8. The summed E-state index contributed by atoms with van der Waals surface area (Å²) in [6, 6.07) is 21.7. The Morgan fingerprint density at radius 3 is 2.54 bits per heavy atom. The first-order valence-corrected chi connectivity index (χ1v) is 8.45. The van der Waals surface area contributed by atoms with E-state index in [9.17, 15) is 4.79 Å². The van der Waals surface area contributed by atoms with Gasteiger partial charge in [0.25, 0.3) is 5.91 Å². The van der Waals surface area contributed by atoms with Gasteiger partial charge < -0.3 is 14.8 Å². The Labute approximate surface area is 157 Å². The van der Waals surface area contributed by atoms with Crippen molar-refractivity contribution in [3.05, 3.63) is 88.9 Å². The third-order valence-corrected chi connectivity index (χ3v) is 4.14. The summed E-state index contributed by atoms with van der Waals surface area (Å²) in [5, 5.41) is 3.50. The number of carbonyl (C=O) groups is 1. The lowest BCUT2D eigenvalue weighted by molar-refractivity contribution is 0.102. The highest BCUT2D eigenvalue weighted by atomic mass is 35.5. The Morgan fingerprint density at radius 2 is 1.73 bits per heavy atom. The highest BCUT2D eigenvalue weighted by Crippen LogP contribution is 2.21. The van der Waals surface area contributed by atoms with Crippen molar-refractivity contribution in [3.63, 3.8) is 0 Å². The molecule has 0 aromatic heterocycles. The maximum atomic E-state index is 12.5. The van der Waals surface area contributed by atoms with Crippen molar-refractivity contribution in [1.29, 1.82) is 0 Å². The molecule has 3 rings (SSSR count). The third-order valence-electron chi connectivity index (χ3n) is 3.78. The van der Waals surface area contributed by atoms with Gasteiger partial charge in [-0.2, -0.15) is 0 Å². The third kappa shape index (κ3) is 4.55. The van der Waals surface area contributed by atoms with Crippen molar-refractivity contribution in [3.8, 4) is 11.5 Å². The van der Waals surface area contributed by atoms with Crippen LogP contribution in [0.5, 0.6) is 11.5 Å². The maximum Gasteiger partial charge on any atom is 0.255 e. The quantitative estimate of drug-likeness (QED) is 0.653. The number of benzene rings is 3. The van der Waals surface area contributed by atoms with Gasteiger partial charge >= 0.3 is 0 Å². The van der Waals surface area contributed by atoms with E-state index in [1.54, 1.807) is 43.5 Å². The summed E-state index contributed by atoms with van der Waals surface area (Å²) in [7, 11) is 1.58. The molecule has 1 N–H and O–H groups in total. The highest BCUT2D eigenvalue weighted by molar-refractivity contribution is 6.31. The Bertz CT molecular complexity index is 911. The van der Waals surface area contributed by atoms with Crippen LogP contribution in [0.1, 0.15) is 15.9 Å². The Hall–Kier alpha value is -2.98. The van der Waals surface area contributed by atoms with E-state index >= 15 is 0 Å². The Morgan fingerprint density at radius 1 is 0.962 bits per heavy atom.